The highest BCUT2D eigenvalue weighted by molar-refractivity contribution is 5.79. The number of phenolic OH excluding ortho intramolecular Hbond substituents is 2. The van der Waals surface area contributed by atoms with Crippen molar-refractivity contribution in [2.75, 3.05) is 5.32 Å². The van der Waals surface area contributed by atoms with E-state index in [9.17, 15) is 15.1 Å². The van der Waals surface area contributed by atoms with E-state index in [1.807, 2.05) is 0 Å². The van der Waals surface area contributed by atoms with E-state index in [0.717, 1.165) is 0 Å². The van der Waals surface area contributed by atoms with Crippen molar-refractivity contribution in [3.63, 3.8) is 0 Å². The van der Waals surface area contributed by atoms with Gasteiger partial charge in [-0.15, -0.1) is 4.91 Å². The highest BCUT2D eigenvalue weighted by atomic mass is 16.3. The molecule has 0 aromatic heterocycles. The summed E-state index contributed by atoms with van der Waals surface area (Å²) in [5, 5.41) is 25.0. The van der Waals surface area contributed by atoms with E-state index >= 15 is 0 Å². The fourth-order valence-electron chi connectivity index (χ4n) is 1.63. The summed E-state index contributed by atoms with van der Waals surface area (Å²) < 4.78 is 0. The van der Waals surface area contributed by atoms with Gasteiger partial charge in [-0.1, -0.05) is 12.1 Å². The van der Waals surface area contributed by atoms with Gasteiger partial charge in [-0.2, -0.15) is 0 Å². The molecule has 0 heterocycles. The first-order chi connectivity index (χ1) is 8.63. The molecule has 0 bridgehead atoms. The molecule has 0 spiro atoms. The minimum Gasteiger partial charge on any atom is -0.508 e. The maximum absolute atomic E-state index is 10.7. The lowest BCUT2D eigenvalue weighted by atomic mass is 10.1. The van der Waals surface area contributed by atoms with Gasteiger partial charge in [0.25, 0.3) is 0 Å². The Bertz CT molecular complexity index is 597. The molecular weight excluding hydrogens is 232 g/mol. The number of nitrogens with zero attached hydrogens (tertiary/aromatic N) is 1. The Labute approximate surface area is 104 Å². The molecule has 0 fully saturated rings. The van der Waals surface area contributed by atoms with Crippen molar-refractivity contribution in [3.8, 4) is 11.5 Å². The lowest BCUT2D eigenvalue weighted by Crippen LogP contribution is -1.94. The monoisotopic (exact) mass is 244 g/mol. The quantitative estimate of drug-likeness (QED) is 0.569. The van der Waals surface area contributed by atoms with Gasteiger partial charge in [0.05, 0.1) is 0 Å². The average Bonchev–Trinajstić information content (AvgIpc) is 2.37. The molecule has 5 heteroatoms. The van der Waals surface area contributed by atoms with E-state index in [4.69, 9.17) is 0 Å². The third-order valence-corrected chi connectivity index (χ3v) is 2.68. The van der Waals surface area contributed by atoms with Crippen molar-refractivity contribution in [2.45, 2.75) is 6.92 Å². The molecule has 0 atom stereocenters. The van der Waals surface area contributed by atoms with Gasteiger partial charge in [0.1, 0.15) is 22.9 Å². The Morgan fingerprint density at radius 2 is 1.72 bits per heavy atom. The summed E-state index contributed by atoms with van der Waals surface area (Å²) in [6.07, 6.45) is 0. The van der Waals surface area contributed by atoms with E-state index in [1.54, 1.807) is 25.1 Å². The molecule has 18 heavy (non-hydrogen) atoms. The molecule has 5 nitrogen and oxygen atoms in total. The van der Waals surface area contributed by atoms with Gasteiger partial charge < -0.3 is 15.5 Å². The van der Waals surface area contributed by atoms with Gasteiger partial charge in [0.2, 0.25) is 0 Å². The number of nitroso groups, excluding NO2 is 1. The van der Waals surface area contributed by atoms with E-state index in [-0.39, 0.29) is 22.9 Å². The van der Waals surface area contributed by atoms with Crippen molar-refractivity contribution in [2.24, 2.45) is 5.18 Å². The van der Waals surface area contributed by atoms with Crippen molar-refractivity contribution >= 4 is 17.1 Å². The first-order valence-electron chi connectivity index (χ1n) is 5.34. The first kappa shape index (κ1) is 11.9. The second kappa shape index (κ2) is 4.75. The SMILES string of the molecule is Cc1c(O)cccc1Nc1c(O)cccc1N=O. The van der Waals surface area contributed by atoms with Crippen molar-refractivity contribution in [1.82, 2.24) is 0 Å². The number of rotatable bonds is 3. The summed E-state index contributed by atoms with van der Waals surface area (Å²) in [6, 6.07) is 9.44. The number of aromatic hydroxyl groups is 2. The molecule has 0 saturated carbocycles. The van der Waals surface area contributed by atoms with E-state index in [2.05, 4.69) is 10.5 Å². The number of anilines is 2. The highest BCUT2D eigenvalue weighted by Gasteiger charge is 2.10. The van der Waals surface area contributed by atoms with Crippen LogP contribution in [0.5, 0.6) is 11.5 Å². The molecule has 0 unspecified atom stereocenters. The minimum atomic E-state index is -0.0742. The fourth-order valence-corrected chi connectivity index (χ4v) is 1.63. The number of benzene rings is 2. The second-order valence-electron chi connectivity index (χ2n) is 3.84. The first-order valence-corrected chi connectivity index (χ1v) is 5.34. The van der Waals surface area contributed by atoms with Crippen LogP contribution in [0.25, 0.3) is 0 Å². The number of hydrogen-bond acceptors (Lipinski definition) is 5. The molecule has 0 amide bonds. The van der Waals surface area contributed by atoms with Crippen LogP contribution < -0.4 is 5.32 Å². The number of nitrogens with one attached hydrogen (secondary N) is 1. The lowest BCUT2D eigenvalue weighted by molar-refractivity contribution is 0.471. The molecule has 2 aromatic carbocycles. The van der Waals surface area contributed by atoms with Crippen LogP contribution in [0, 0.1) is 11.8 Å². The maximum atomic E-state index is 10.7. The molecule has 0 aliphatic heterocycles. The van der Waals surface area contributed by atoms with Crippen molar-refractivity contribution in [1.29, 1.82) is 0 Å². The van der Waals surface area contributed by atoms with E-state index < -0.39 is 0 Å². The molecule has 0 aliphatic rings. The van der Waals surface area contributed by atoms with Crippen LogP contribution in [0.15, 0.2) is 41.6 Å². The van der Waals surface area contributed by atoms with E-state index in [1.165, 1.54) is 18.2 Å². The predicted molar refractivity (Wildman–Crippen MR) is 69.7 cm³/mol. The van der Waals surface area contributed by atoms with Gasteiger partial charge in [-0.3, -0.25) is 0 Å². The second-order valence-corrected chi connectivity index (χ2v) is 3.84. The summed E-state index contributed by atoms with van der Waals surface area (Å²) in [6.45, 7) is 1.73. The van der Waals surface area contributed by atoms with Gasteiger partial charge in [-0.25, -0.2) is 0 Å². The number of phenols is 2. The largest absolute Gasteiger partial charge is 0.508 e. The molecule has 2 aromatic rings. The molecular formula is C13H12N2O3. The Kier molecular flexibility index (Phi) is 3.14. The molecule has 0 saturated heterocycles. The highest BCUT2D eigenvalue weighted by Crippen LogP contribution is 2.37. The van der Waals surface area contributed by atoms with Crippen molar-refractivity contribution < 1.29 is 10.2 Å². The maximum Gasteiger partial charge on any atom is 0.141 e. The zero-order chi connectivity index (χ0) is 13.1. The van der Waals surface area contributed by atoms with Crippen LogP contribution in [0.1, 0.15) is 5.56 Å². The van der Waals surface area contributed by atoms with Crippen LogP contribution in [0.3, 0.4) is 0 Å². The summed E-state index contributed by atoms with van der Waals surface area (Å²) in [7, 11) is 0. The van der Waals surface area contributed by atoms with Crippen molar-refractivity contribution in [3.05, 3.63) is 46.9 Å². The lowest BCUT2D eigenvalue weighted by Gasteiger charge is -2.12. The summed E-state index contributed by atoms with van der Waals surface area (Å²) >= 11 is 0. The van der Waals surface area contributed by atoms with Crippen LogP contribution in [-0.4, -0.2) is 10.2 Å². The number of hydrogen-bond donors (Lipinski definition) is 3. The Balaban J connectivity index is 2.46. The molecule has 92 valence electrons. The topological polar surface area (TPSA) is 81.9 Å². The van der Waals surface area contributed by atoms with Crippen LogP contribution in [0.4, 0.5) is 17.1 Å². The molecule has 3 N–H and O–H groups in total. The van der Waals surface area contributed by atoms with Gasteiger partial charge in [-0.05, 0) is 36.4 Å². The van der Waals surface area contributed by atoms with Crippen LogP contribution in [-0.2, 0) is 0 Å². The van der Waals surface area contributed by atoms with Gasteiger partial charge >= 0.3 is 0 Å². The molecule has 0 radical (unpaired) electrons. The van der Waals surface area contributed by atoms with E-state index in [0.29, 0.717) is 11.3 Å². The fraction of sp³-hybridized carbons (Fsp3) is 0.0769. The third kappa shape index (κ3) is 2.10. The summed E-state index contributed by atoms with van der Waals surface area (Å²) in [4.78, 5) is 10.7. The third-order valence-electron chi connectivity index (χ3n) is 2.68. The summed E-state index contributed by atoms with van der Waals surface area (Å²) in [5.41, 5.74) is 1.55. The Hall–Kier alpha value is -2.56. The predicted octanol–water partition coefficient (Wildman–Crippen LogP) is 3.55. The standard InChI is InChI=1S/C13H12N2O3/c1-8-9(4-2-6-11(8)16)14-13-10(15-18)5-3-7-12(13)17/h2-7,14,16-17H,1H3. The number of para-hydroxylation sites is 1. The van der Waals surface area contributed by atoms with Crippen LogP contribution >= 0.6 is 0 Å². The summed E-state index contributed by atoms with van der Waals surface area (Å²) in [5.74, 6) is 0.0610. The zero-order valence-electron chi connectivity index (χ0n) is 9.71. The smallest absolute Gasteiger partial charge is 0.141 e. The minimum absolute atomic E-state index is 0.0742. The average molecular weight is 244 g/mol. The van der Waals surface area contributed by atoms with Crippen LogP contribution in [0.2, 0.25) is 0 Å². The van der Waals surface area contributed by atoms with Gasteiger partial charge in [0, 0.05) is 11.3 Å². The molecule has 2 rings (SSSR count). The van der Waals surface area contributed by atoms with Gasteiger partial charge in [0.15, 0.2) is 0 Å². The zero-order valence-corrected chi connectivity index (χ0v) is 9.71. The Morgan fingerprint density at radius 3 is 2.44 bits per heavy atom. The Morgan fingerprint density at radius 1 is 1.06 bits per heavy atom. The normalized spacial score (nSPS) is 10.1. The molecule has 0 aliphatic carbocycles.